The number of quaternary nitrogens is 3. The zero-order valence-electron chi connectivity index (χ0n) is 52.1. The maximum Gasteiger partial charge on any atom is 0.0770 e. The zero-order valence-corrected chi connectivity index (χ0v) is 53.0. The molecule has 0 spiro atoms. The number of rotatable bonds is 54. The van der Waals surface area contributed by atoms with Crippen LogP contribution in [-0.2, 0) is 4.57 Å². The Kier molecular flexibility index (Phi) is 77.8. The zero-order chi connectivity index (χ0) is 55.5. The fraction of sp³-hybridized carbons (Fsp3) is 0.909. The van der Waals surface area contributed by atoms with E-state index in [-0.39, 0.29) is 0 Å². The molecule has 0 aliphatic rings. The lowest BCUT2D eigenvalue weighted by molar-refractivity contribution is -0.896. The third-order valence-corrected chi connectivity index (χ3v) is 15.1. The summed E-state index contributed by atoms with van der Waals surface area (Å²) < 4.78 is 8.55. The highest BCUT2D eigenvalue weighted by atomic mass is 31.2. The number of hydrogen-bond donors (Lipinski definition) is 3. The van der Waals surface area contributed by atoms with Gasteiger partial charge in [0.25, 0.3) is 0 Å². The molecule has 7 nitrogen and oxygen atoms in total. The molecule has 0 aromatic heterocycles. The van der Waals surface area contributed by atoms with E-state index in [9.17, 15) is 0 Å². The van der Waals surface area contributed by atoms with E-state index in [0.29, 0.717) is 0 Å². The molecule has 3 N–H and O–H groups in total. The van der Waals surface area contributed by atoms with Gasteiger partial charge in [-0.25, -0.2) is 0 Å². The molecule has 0 heterocycles. The van der Waals surface area contributed by atoms with Gasteiger partial charge in [-0.15, -0.1) is 0 Å². The van der Waals surface area contributed by atoms with Crippen molar-refractivity contribution in [2.75, 3.05) is 58.9 Å². The highest BCUT2D eigenvalue weighted by Crippen LogP contribution is 2.13. The van der Waals surface area contributed by atoms with Gasteiger partial charge in [0.1, 0.15) is 0 Å². The third-order valence-electron chi connectivity index (χ3n) is 15.1. The van der Waals surface area contributed by atoms with E-state index in [1.807, 2.05) is 0 Å². The van der Waals surface area contributed by atoms with E-state index >= 15 is 0 Å². The van der Waals surface area contributed by atoms with Crippen molar-refractivity contribution in [1.29, 1.82) is 0 Å². The lowest BCUT2D eigenvalue weighted by Crippen LogP contribution is -3.11. The molecular formula is C66H138N3O4P. The standard InChI is InChI=1S/3C22H45N.H3O4P/c3*1-4-7-8-9-10-11-12-13-14-15-16-17-18-19-20-21-22-23(5-2)6-3;1-5(2,3)4/h3*13-14H,4-12,15-22H2,1-3H3;(H3,1,2,3,4)/b3*14-13-;. The van der Waals surface area contributed by atoms with E-state index in [1.54, 1.807) is 14.7 Å². The molecule has 0 amide bonds. The second-order valence-corrected chi connectivity index (χ2v) is 22.8. The molecule has 0 atom stereocenters. The van der Waals surface area contributed by atoms with Gasteiger partial charge in [0.15, 0.2) is 0 Å². The minimum atomic E-state index is -5.39. The Labute approximate surface area is 467 Å². The number of allylic oxidation sites excluding steroid dienone is 6. The first-order valence-corrected chi connectivity index (χ1v) is 34.7. The van der Waals surface area contributed by atoms with Crippen LogP contribution in [0.1, 0.15) is 332 Å². The van der Waals surface area contributed by atoms with Crippen LogP contribution < -0.4 is 29.4 Å². The van der Waals surface area contributed by atoms with Crippen LogP contribution in [0.25, 0.3) is 0 Å². The Hall–Kier alpha value is -0.790. The number of hydrogen-bond acceptors (Lipinski definition) is 4. The minimum absolute atomic E-state index is 1.29. The van der Waals surface area contributed by atoms with Crippen molar-refractivity contribution in [3.63, 3.8) is 0 Å². The molecule has 0 radical (unpaired) electrons. The van der Waals surface area contributed by atoms with Gasteiger partial charge in [0.2, 0.25) is 0 Å². The van der Waals surface area contributed by atoms with Crippen molar-refractivity contribution < 1.29 is 33.9 Å². The minimum Gasteiger partial charge on any atom is -0.822 e. The molecule has 0 unspecified atom stereocenters. The summed E-state index contributed by atoms with van der Waals surface area (Å²) in [6.45, 7) is 32.6. The average Bonchev–Trinajstić information content (AvgIpc) is 3.39. The predicted molar refractivity (Wildman–Crippen MR) is 327 cm³/mol. The smallest absolute Gasteiger partial charge is 0.0770 e. The van der Waals surface area contributed by atoms with Crippen LogP contribution in [0.3, 0.4) is 0 Å². The molecule has 0 saturated heterocycles. The molecule has 0 aromatic carbocycles. The molecule has 0 aliphatic heterocycles. The summed E-state index contributed by atoms with van der Waals surface area (Å²) in [6.07, 6.45) is 73.6. The Balaban J connectivity index is -0.000000473. The topological polar surface area (TPSA) is 99.6 Å². The summed E-state index contributed by atoms with van der Waals surface area (Å²) >= 11 is 0. The largest absolute Gasteiger partial charge is 0.822 e. The van der Waals surface area contributed by atoms with Gasteiger partial charge in [-0.2, -0.15) is 7.82 Å². The highest BCUT2D eigenvalue weighted by molar-refractivity contribution is 7.40. The van der Waals surface area contributed by atoms with Gasteiger partial charge < -0.3 is 33.9 Å². The van der Waals surface area contributed by atoms with Crippen LogP contribution >= 0.6 is 7.82 Å². The number of phosphoric acid groups is 1. The highest BCUT2D eigenvalue weighted by Gasteiger charge is 2.03. The van der Waals surface area contributed by atoms with Crippen molar-refractivity contribution in [3.05, 3.63) is 36.5 Å². The summed E-state index contributed by atoms with van der Waals surface area (Å²) in [4.78, 5) is 30.9. The molecule has 74 heavy (non-hydrogen) atoms. The molecule has 0 saturated carbocycles. The van der Waals surface area contributed by atoms with E-state index in [0.717, 1.165) is 0 Å². The van der Waals surface area contributed by atoms with E-state index < -0.39 is 7.82 Å². The Bertz CT molecular complexity index is 974. The van der Waals surface area contributed by atoms with Crippen LogP contribution in [-0.4, -0.2) is 58.9 Å². The van der Waals surface area contributed by atoms with E-state index in [2.05, 4.69) is 98.8 Å². The maximum atomic E-state index is 8.55. The van der Waals surface area contributed by atoms with Crippen molar-refractivity contribution in [3.8, 4) is 0 Å². The van der Waals surface area contributed by atoms with E-state index in [4.69, 9.17) is 19.2 Å². The summed E-state index contributed by atoms with van der Waals surface area (Å²) in [5, 5.41) is 0. The van der Waals surface area contributed by atoms with Gasteiger partial charge in [-0.3, -0.25) is 0 Å². The lowest BCUT2D eigenvalue weighted by atomic mass is 10.1. The molecule has 0 aliphatic carbocycles. The lowest BCUT2D eigenvalue weighted by Gasteiger charge is -2.36. The monoisotopic (exact) mass is 1070 g/mol. The van der Waals surface area contributed by atoms with Crippen LogP contribution in [0, 0.1) is 0 Å². The molecule has 0 aromatic rings. The summed E-state index contributed by atoms with van der Waals surface area (Å²) in [6, 6.07) is 0. The van der Waals surface area contributed by atoms with Gasteiger partial charge >= 0.3 is 0 Å². The predicted octanol–water partition coefficient (Wildman–Crippen LogP) is 15.0. The van der Waals surface area contributed by atoms with Crippen LogP contribution in [0.2, 0.25) is 0 Å². The van der Waals surface area contributed by atoms with Crippen molar-refractivity contribution >= 4 is 7.82 Å². The Morgan fingerprint density at radius 1 is 0.243 bits per heavy atom. The van der Waals surface area contributed by atoms with Crippen LogP contribution in [0.15, 0.2) is 36.5 Å². The fourth-order valence-corrected chi connectivity index (χ4v) is 9.68. The van der Waals surface area contributed by atoms with Gasteiger partial charge in [-0.05, 0) is 157 Å². The number of unbranched alkanes of at least 4 members (excludes halogenated alkanes) is 36. The number of nitrogens with one attached hydrogen (secondary N) is 3. The molecule has 8 heteroatoms. The first kappa shape index (κ1) is 79.7. The molecule has 0 bridgehead atoms. The van der Waals surface area contributed by atoms with Gasteiger partial charge in [-0.1, -0.05) is 211 Å². The average molecular weight is 1070 g/mol. The molecule has 0 rings (SSSR count). The summed E-state index contributed by atoms with van der Waals surface area (Å²) in [7, 11) is -5.39. The fourth-order valence-electron chi connectivity index (χ4n) is 9.68. The Morgan fingerprint density at radius 2 is 0.378 bits per heavy atom. The molecule has 446 valence electrons. The third kappa shape index (κ3) is 82.5. The normalized spacial score (nSPS) is 11.8. The first-order chi connectivity index (χ1) is 36.0. The molecular weight excluding hydrogens is 930 g/mol. The maximum absolute atomic E-state index is 8.55. The quantitative estimate of drug-likeness (QED) is 0.0321. The second kappa shape index (κ2) is 72.2. The summed E-state index contributed by atoms with van der Waals surface area (Å²) in [5.74, 6) is 0. The first-order valence-electron chi connectivity index (χ1n) is 33.2. The van der Waals surface area contributed by atoms with Crippen molar-refractivity contribution in [2.45, 2.75) is 332 Å². The second-order valence-electron chi connectivity index (χ2n) is 21.9. The molecule has 0 fully saturated rings. The van der Waals surface area contributed by atoms with E-state index in [1.165, 1.54) is 329 Å². The van der Waals surface area contributed by atoms with Crippen molar-refractivity contribution in [2.24, 2.45) is 0 Å². The van der Waals surface area contributed by atoms with Gasteiger partial charge in [0.05, 0.1) is 58.9 Å². The van der Waals surface area contributed by atoms with Crippen molar-refractivity contribution in [1.82, 2.24) is 0 Å². The summed E-state index contributed by atoms with van der Waals surface area (Å²) in [5.41, 5.74) is 0. The van der Waals surface area contributed by atoms with Crippen LogP contribution in [0.4, 0.5) is 0 Å². The van der Waals surface area contributed by atoms with Crippen LogP contribution in [0.5, 0.6) is 0 Å². The Morgan fingerprint density at radius 3 is 0.527 bits per heavy atom. The van der Waals surface area contributed by atoms with Gasteiger partial charge in [0, 0.05) is 0 Å². The SMILES string of the molecule is CCCCCCCC/C=C\CCCCCCCC[NH+](CC)CC.CCCCCCCC/C=C\CCCCCCCC[NH+](CC)CC.CCCCCCCC/C=C\CCCCCCCC[NH+](CC)CC.O=P([O-])([O-])[O-].